The molecule has 0 fully saturated rings. The van der Waals surface area contributed by atoms with Gasteiger partial charge in [-0.15, -0.1) is 0 Å². The molecule has 0 saturated carbocycles. The number of hydrogen-bond acceptors (Lipinski definition) is 7. The zero-order valence-corrected chi connectivity index (χ0v) is 17.9. The van der Waals surface area contributed by atoms with Gasteiger partial charge in [-0.2, -0.15) is 0 Å². The van der Waals surface area contributed by atoms with E-state index in [2.05, 4.69) is 20.3 Å². The summed E-state index contributed by atoms with van der Waals surface area (Å²) in [6, 6.07) is 5.92. The van der Waals surface area contributed by atoms with Gasteiger partial charge >= 0.3 is 0 Å². The highest BCUT2D eigenvalue weighted by molar-refractivity contribution is 6.69. The summed E-state index contributed by atoms with van der Waals surface area (Å²) in [5.74, 6) is 0.319. The van der Waals surface area contributed by atoms with Crippen molar-refractivity contribution in [2.24, 2.45) is 15.7 Å². The fraction of sp³-hybridized carbons (Fsp3) is 0.238. The van der Waals surface area contributed by atoms with Gasteiger partial charge in [0.1, 0.15) is 17.1 Å². The number of hydrogen-bond donors (Lipinski definition) is 4. The van der Waals surface area contributed by atoms with Crippen molar-refractivity contribution in [2.75, 3.05) is 18.8 Å². The molecule has 0 aliphatic carbocycles. The van der Waals surface area contributed by atoms with Crippen molar-refractivity contribution in [3.63, 3.8) is 0 Å². The Hall–Kier alpha value is -3.46. The van der Waals surface area contributed by atoms with Crippen LogP contribution in [0.3, 0.4) is 0 Å². The van der Waals surface area contributed by atoms with Crippen LogP contribution in [0, 0.1) is 11.2 Å². The number of ether oxygens (including phenoxy) is 1. The van der Waals surface area contributed by atoms with Crippen LogP contribution in [0.1, 0.15) is 36.6 Å². The summed E-state index contributed by atoms with van der Waals surface area (Å²) in [7, 11) is 0. The molecular weight excluding hydrogens is 421 g/mol. The number of nitrogens with zero attached hydrogens (tertiary/aromatic N) is 3. The van der Waals surface area contributed by atoms with Crippen LogP contribution in [0.25, 0.3) is 5.70 Å². The number of rotatable bonds is 3. The summed E-state index contributed by atoms with van der Waals surface area (Å²) in [6.07, 6.45) is 2.07. The molecule has 1 aliphatic rings. The Morgan fingerprint density at radius 1 is 1.45 bits per heavy atom. The van der Waals surface area contributed by atoms with Crippen molar-refractivity contribution in [3.05, 3.63) is 58.5 Å². The number of fused-ring (bicyclic) bond motifs is 3. The van der Waals surface area contributed by atoms with Crippen LogP contribution in [0.2, 0.25) is 0 Å². The maximum absolute atomic E-state index is 14.1. The van der Waals surface area contributed by atoms with Gasteiger partial charge in [0.15, 0.2) is 17.4 Å². The Morgan fingerprint density at radius 2 is 2.23 bits per heavy atom. The lowest BCUT2D eigenvalue weighted by atomic mass is 10.0. The number of nitrogens with one attached hydrogen (secondary N) is 2. The fourth-order valence-electron chi connectivity index (χ4n) is 3.25. The van der Waals surface area contributed by atoms with Gasteiger partial charge in [0.25, 0.3) is 0 Å². The lowest BCUT2D eigenvalue weighted by Gasteiger charge is -2.22. The molecular formula is C21H23ClFN7O. The van der Waals surface area contributed by atoms with Crippen LogP contribution in [0.15, 0.2) is 46.0 Å². The molecule has 3 rings (SSSR count). The summed E-state index contributed by atoms with van der Waals surface area (Å²) in [5.41, 5.74) is 14.2. The Bertz CT molecular complexity index is 1100. The maximum atomic E-state index is 14.1. The first kappa shape index (κ1) is 22.2. The zero-order chi connectivity index (χ0) is 22.5. The minimum atomic E-state index is -0.597. The average molecular weight is 444 g/mol. The first-order valence-corrected chi connectivity index (χ1v) is 9.96. The summed E-state index contributed by atoms with van der Waals surface area (Å²) in [4.78, 5) is 12.9. The van der Waals surface area contributed by atoms with Crippen LogP contribution in [0.5, 0.6) is 5.75 Å². The van der Waals surface area contributed by atoms with Crippen molar-refractivity contribution in [3.8, 4) is 5.75 Å². The molecule has 1 aromatic heterocycles. The van der Waals surface area contributed by atoms with Gasteiger partial charge in [0.05, 0.1) is 18.6 Å². The highest BCUT2D eigenvalue weighted by Crippen LogP contribution is 2.32. The number of anilines is 1. The van der Waals surface area contributed by atoms with Crippen molar-refractivity contribution in [1.29, 1.82) is 5.41 Å². The van der Waals surface area contributed by atoms with Gasteiger partial charge in [-0.1, -0.05) is 11.6 Å². The molecule has 2 bridgehead atoms. The lowest BCUT2D eigenvalue weighted by molar-refractivity contribution is 0.227. The van der Waals surface area contributed by atoms with Crippen LogP contribution in [-0.2, 0) is 0 Å². The summed E-state index contributed by atoms with van der Waals surface area (Å²) < 4.78 is 20.1. The number of amidine groups is 1. The number of nitrogen functional groups attached to an aromatic ring is 1. The van der Waals surface area contributed by atoms with E-state index in [-0.39, 0.29) is 23.4 Å². The van der Waals surface area contributed by atoms with Gasteiger partial charge < -0.3 is 21.5 Å². The molecule has 2 aromatic rings. The van der Waals surface area contributed by atoms with E-state index < -0.39 is 11.9 Å². The topological polar surface area (TPSA) is 135 Å². The minimum absolute atomic E-state index is 0.0309. The predicted octanol–water partition coefficient (Wildman–Crippen LogP) is 3.23. The molecule has 0 radical (unpaired) electrons. The summed E-state index contributed by atoms with van der Waals surface area (Å²) >= 11 is 6.12. The number of pyridine rings is 1. The predicted molar refractivity (Wildman–Crippen MR) is 122 cm³/mol. The van der Waals surface area contributed by atoms with Crippen LogP contribution in [0.4, 0.5) is 10.2 Å². The van der Waals surface area contributed by atoms with Gasteiger partial charge in [0.2, 0.25) is 0 Å². The molecule has 8 nitrogen and oxygen atoms in total. The highest BCUT2D eigenvalue weighted by Gasteiger charge is 2.21. The van der Waals surface area contributed by atoms with E-state index in [4.69, 9.17) is 33.2 Å². The Labute approximate surface area is 184 Å². The Balaban J connectivity index is 2.33. The van der Waals surface area contributed by atoms with Crippen LogP contribution < -0.4 is 21.5 Å². The average Bonchev–Trinajstić information content (AvgIpc) is 2.73. The number of aliphatic imine (C=N–C) groups is 2. The van der Waals surface area contributed by atoms with E-state index in [1.165, 1.54) is 12.1 Å². The molecule has 1 aromatic carbocycles. The normalized spacial score (nSPS) is 19.0. The molecule has 0 saturated heterocycles. The maximum Gasteiger partial charge on any atom is 0.166 e. The molecule has 1 atom stereocenters. The van der Waals surface area contributed by atoms with Gasteiger partial charge in [-0.25, -0.2) is 14.4 Å². The standard InChI is InChI=1S/C21H23ClFN7O/c1-3-27-18-12-6-17(20(26)28-8-12)31-11(2)15-7-13(23)4-5-14(15)21(30-10-24)29-9-16(18)19(22)25/h4-8,10-11,25,27H,3,9H2,1-2H3,(H2,26,28)(H2,24,29,30)/b18-16-,25-19?. The fourth-order valence-corrected chi connectivity index (χ4v) is 3.41. The van der Waals surface area contributed by atoms with E-state index in [0.29, 0.717) is 40.3 Å². The summed E-state index contributed by atoms with van der Waals surface area (Å²) in [5, 5.41) is 11.1. The van der Waals surface area contributed by atoms with Gasteiger partial charge in [-0.05, 0) is 38.1 Å². The molecule has 6 N–H and O–H groups in total. The monoisotopic (exact) mass is 443 g/mol. The second-order valence-electron chi connectivity index (χ2n) is 6.71. The van der Waals surface area contributed by atoms with Crippen LogP contribution >= 0.6 is 11.6 Å². The van der Waals surface area contributed by atoms with E-state index in [1.54, 1.807) is 25.3 Å². The molecule has 162 valence electrons. The van der Waals surface area contributed by atoms with E-state index in [1.807, 2.05) is 6.92 Å². The van der Waals surface area contributed by atoms with Gasteiger partial charge in [-0.3, -0.25) is 10.4 Å². The van der Waals surface area contributed by atoms with Crippen molar-refractivity contribution in [1.82, 2.24) is 10.3 Å². The smallest absolute Gasteiger partial charge is 0.166 e. The molecule has 0 amide bonds. The second-order valence-corrected chi connectivity index (χ2v) is 7.09. The molecule has 2 heterocycles. The number of benzene rings is 1. The Kier molecular flexibility index (Phi) is 6.86. The Morgan fingerprint density at radius 3 is 2.90 bits per heavy atom. The van der Waals surface area contributed by atoms with Crippen molar-refractivity contribution < 1.29 is 9.13 Å². The number of nitrogens with two attached hydrogens (primary N) is 2. The van der Waals surface area contributed by atoms with Crippen molar-refractivity contribution >= 4 is 40.5 Å². The van der Waals surface area contributed by atoms with E-state index in [0.717, 1.165) is 6.34 Å². The third kappa shape index (κ3) is 4.83. The first-order valence-electron chi connectivity index (χ1n) is 9.58. The molecule has 1 unspecified atom stereocenters. The molecule has 1 aliphatic heterocycles. The van der Waals surface area contributed by atoms with Crippen LogP contribution in [-0.4, -0.2) is 35.4 Å². The third-order valence-corrected chi connectivity index (χ3v) is 4.90. The molecule has 31 heavy (non-hydrogen) atoms. The second kappa shape index (κ2) is 9.57. The third-order valence-electron chi connectivity index (χ3n) is 4.67. The molecule has 0 spiro atoms. The van der Waals surface area contributed by atoms with E-state index in [9.17, 15) is 4.39 Å². The lowest BCUT2D eigenvalue weighted by Crippen LogP contribution is -2.19. The quantitative estimate of drug-likeness (QED) is 0.426. The largest absolute Gasteiger partial charge is 0.482 e. The van der Waals surface area contributed by atoms with Crippen molar-refractivity contribution in [2.45, 2.75) is 20.0 Å². The molecule has 10 heteroatoms. The highest BCUT2D eigenvalue weighted by atomic mass is 35.5. The minimum Gasteiger partial charge on any atom is -0.482 e. The summed E-state index contributed by atoms with van der Waals surface area (Å²) in [6.45, 7) is 4.28. The zero-order valence-electron chi connectivity index (χ0n) is 17.1. The SMILES string of the molecule is CCN/C1=C(\C(=N)Cl)CN=C(N=CN)c2ccc(F)cc2C(C)Oc2cc1cnc2N. The van der Waals surface area contributed by atoms with E-state index >= 15 is 0 Å². The first-order chi connectivity index (χ1) is 14.8. The van der Waals surface area contributed by atoms with Gasteiger partial charge in [0, 0.05) is 35.0 Å². The number of halogens is 2. The number of aromatic nitrogens is 1.